The Bertz CT molecular complexity index is 857. The lowest BCUT2D eigenvalue weighted by molar-refractivity contribution is -0.123. The van der Waals surface area contributed by atoms with E-state index in [2.05, 4.69) is 21.3 Å². The van der Waals surface area contributed by atoms with Gasteiger partial charge in [-0.2, -0.15) is 0 Å². The Morgan fingerprint density at radius 2 is 2.07 bits per heavy atom. The zero-order valence-corrected chi connectivity index (χ0v) is 15.7. The van der Waals surface area contributed by atoms with Gasteiger partial charge in [-0.15, -0.1) is 0 Å². The minimum Gasteiger partial charge on any atom is -0.369 e. The monoisotopic (exact) mass is 368 g/mol. The predicted molar refractivity (Wildman–Crippen MR) is 106 cm³/mol. The molecule has 2 aromatic rings. The number of primary amides is 1. The molecular weight excluding hydrogens is 340 g/mol. The Balaban J connectivity index is 1.35. The standard InChI is InChI=1S/C21H28N4O2/c22-20(26)15-4-3-10-25(13-15)11-9-23-21(27)14-7-8-17-16-5-1-2-6-18(16)24-19(17)12-14/h7-8,12,15,24H,1-6,9-11,13H2,(H2,22,26)(H,23,27). The van der Waals surface area contributed by atoms with E-state index in [1.807, 2.05) is 12.1 Å². The number of H-pyrrole nitrogens is 1. The van der Waals surface area contributed by atoms with Gasteiger partial charge in [0.2, 0.25) is 5.91 Å². The summed E-state index contributed by atoms with van der Waals surface area (Å²) in [5.41, 5.74) is 9.94. The minimum atomic E-state index is -0.217. The average molecular weight is 368 g/mol. The predicted octanol–water partition coefficient (Wildman–Crippen LogP) is 1.97. The van der Waals surface area contributed by atoms with E-state index in [9.17, 15) is 9.59 Å². The van der Waals surface area contributed by atoms with Gasteiger partial charge < -0.3 is 20.9 Å². The highest BCUT2D eigenvalue weighted by atomic mass is 16.2. The number of aromatic nitrogens is 1. The maximum atomic E-state index is 12.5. The summed E-state index contributed by atoms with van der Waals surface area (Å²) < 4.78 is 0. The molecule has 0 saturated carbocycles. The number of benzene rings is 1. The molecule has 0 bridgehead atoms. The van der Waals surface area contributed by atoms with Crippen LogP contribution in [-0.4, -0.2) is 47.9 Å². The van der Waals surface area contributed by atoms with Crippen LogP contribution in [0.5, 0.6) is 0 Å². The third-order valence-corrected chi connectivity index (χ3v) is 5.98. The van der Waals surface area contributed by atoms with Crippen LogP contribution in [0.2, 0.25) is 0 Å². The van der Waals surface area contributed by atoms with Crippen LogP contribution in [-0.2, 0) is 17.6 Å². The molecule has 2 amide bonds. The number of hydrogen-bond acceptors (Lipinski definition) is 3. The zero-order chi connectivity index (χ0) is 18.8. The van der Waals surface area contributed by atoms with E-state index in [1.165, 1.54) is 29.5 Å². The SMILES string of the molecule is NC(=O)C1CCCN(CCNC(=O)c2ccc3c4c([nH]c3c2)CCCC4)C1. The summed E-state index contributed by atoms with van der Waals surface area (Å²) in [6.07, 6.45) is 6.57. The van der Waals surface area contributed by atoms with Crippen molar-refractivity contribution in [3.63, 3.8) is 0 Å². The van der Waals surface area contributed by atoms with Crippen molar-refractivity contribution < 1.29 is 9.59 Å². The van der Waals surface area contributed by atoms with Gasteiger partial charge >= 0.3 is 0 Å². The quantitative estimate of drug-likeness (QED) is 0.753. The van der Waals surface area contributed by atoms with E-state index in [1.54, 1.807) is 0 Å². The van der Waals surface area contributed by atoms with Crippen molar-refractivity contribution >= 4 is 22.7 Å². The number of nitrogens with one attached hydrogen (secondary N) is 2. The molecule has 1 aliphatic carbocycles. The van der Waals surface area contributed by atoms with Gasteiger partial charge in [-0.1, -0.05) is 6.07 Å². The normalized spacial score (nSPS) is 20.4. The van der Waals surface area contributed by atoms with Crippen molar-refractivity contribution in [1.29, 1.82) is 0 Å². The molecule has 4 rings (SSSR count). The fourth-order valence-corrected chi connectivity index (χ4v) is 4.48. The number of nitrogens with two attached hydrogens (primary N) is 1. The number of amides is 2. The summed E-state index contributed by atoms with van der Waals surface area (Å²) in [7, 11) is 0. The number of fused-ring (bicyclic) bond motifs is 3. The van der Waals surface area contributed by atoms with Crippen LogP contribution in [0.1, 0.15) is 47.3 Å². The molecule has 1 atom stereocenters. The zero-order valence-electron chi connectivity index (χ0n) is 15.7. The maximum Gasteiger partial charge on any atom is 0.251 e. The summed E-state index contributed by atoms with van der Waals surface area (Å²) in [6, 6.07) is 5.96. The van der Waals surface area contributed by atoms with Gasteiger partial charge in [0.05, 0.1) is 5.92 Å². The number of carbonyl (C=O) groups excluding carboxylic acids is 2. The first-order valence-corrected chi connectivity index (χ1v) is 10.0. The van der Waals surface area contributed by atoms with Crippen LogP contribution in [0.3, 0.4) is 0 Å². The van der Waals surface area contributed by atoms with Crippen LogP contribution in [0.4, 0.5) is 0 Å². The smallest absolute Gasteiger partial charge is 0.251 e. The van der Waals surface area contributed by atoms with Gasteiger partial charge in [-0.05, 0) is 62.8 Å². The molecule has 0 spiro atoms. The third kappa shape index (κ3) is 3.86. The van der Waals surface area contributed by atoms with E-state index < -0.39 is 0 Å². The van der Waals surface area contributed by atoms with Crippen molar-refractivity contribution in [2.45, 2.75) is 38.5 Å². The first kappa shape index (κ1) is 18.0. The Morgan fingerprint density at radius 3 is 2.93 bits per heavy atom. The number of carbonyl (C=O) groups is 2. The lowest BCUT2D eigenvalue weighted by Crippen LogP contribution is -2.44. The molecule has 27 heavy (non-hydrogen) atoms. The minimum absolute atomic E-state index is 0.0482. The van der Waals surface area contributed by atoms with E-state index in [4.69, 9.17) is 5.73 Å². The van der Waals surface area contributed by atoms with E-state index in [-0.39, 0.29) is 17.7 Å². The van der Waals surface area contributed by atoms with E-state index >= 15 is 0 Å². The van der Waals surface area contributed by atoms with Crippen molar-refractivity contribution in [2.24, 2.45) is 11.7 Å². The fraction of sp³-hybridized carbons (Fsp3) is 0.524. The van der Waals surface area contributed by atoms with E-state index in [0.717, 1.165) is 44.3 Å². The maximum absolute atomic E-state index is 12.5. The number of hydrogen-bond donors (Lipinski definition) is 3. The van der Waals surface area contributed by atoms with Crippen LogP contribution in [0, 0.1) is 5.92 Å². The number of likely N-dealkylation sites (tertiary alicyclic amines) is 1. The highest BCUT2D eigenvalue weighted by Gasteiger charge is 2.23. The number of rotatable bonds is 5. The summed E-state index contributed by atoms with van der Waals surface area (Å²) in [5, 5.41) is 4.26. The molecule has 6 heteroatoms. The van der Waals surface area contributed by atoms with Crippen LogP contribution in [0.15, 0.2) is 18.2 Å². The molecule has 1 saturated heterocycles. The van der Waals surface area contributed by atoms with Crippen LogP contribution < -0.4 is 11.1 Å². The van der Waals surface area contributed by atoms with Gasteiger partial charge in [0, 0.05) is 41.8 Å². The number of aryl methyl sites for hydroxylation is 2. The molecule has 1 fully saturated rings. The molecule has 0 radical (unpaired) electrons. The summed E-state index contributed by atoms with van der Waals surface area (Å²) in [5.74, 6) is -0.325. The molecule has 4 N–H and O–H groups in total. The molecule has 1 aliphatic heterocycles. The lowest BCUT2D eigenvalue weighted by Gasteiger charge is -2.31. The second-order valence-corrected chi connectivity index (χ2v) is 7.85. The Hall–Kier alpha value is -2.34. The summed E-state index contributed by atoms with van der Waals surface area (Å²) >= 11 is 0. The van der Waals surface area contributed by atoms with Crippen LogP contribution >= 0.6 is 0 Å². The van der Waals surface area contributed by atoms with Gasteiger partial charge in [0.15, 0.2) is 0 Å². The van der Waals surface area contributed by atoms with Gasteiger partial charge in [0.1, 0.15) is 0 Å². The number of nitrogens with zero attached hydrogens (tertiary/aromatic N) is 1. The van der Waals surface area contributed by atoms with Crippen LogP contribution in [0.25, 0.3) is 10.9 Å². The van der Waals surface area contributed by atoms with E-state index in [0.29, 0.717) is 18.7 Å². The number of piperidine rings is 1. The Labute approximate surface area is 159 Å². The Morgan fingerprint density at radius 1 is 1.22 bits per heavy atom. The molecule has 1 aromatic heterocycles. The summed E-state index contributed by atoms with van der Waals surface area (Å²) in [4.78, 5) is 29.6. The fourth-order valence-electron chi connectivity index (χ4n) is 4.48. The third-order valence-electron chi connectivity index (χ3n) is 5.98. The van der Waals surface area contributed by atoms with Crippen molar-refractivity contribution in [1.82, 2.24) is 15.2 Å². The second kappa shape index (κ2) is 7.72. The Kier molecular flexibility index (Phi) is 5.16. The molecular formula is C21H28N4O2. The van der Waals surface area contributed by atoms with Crippen molar-refractivity contribution in [2.75, 3.05) is 26.2 Å². The average Bonchev–Trinajstić information content (AvgIpc) is 3.06. The molecule has 144 valence electrons. The molecule has 2 heterocycles. The summed E-state index contributed by atoms with van der Waals surface area (Å²) in [6.45, 7) is 2.98. The molecule has 1 aromatic carbocycles. The molecule has 2 aliphatic rings. The van der Waals surface area contributed by atoms with Crippen molar-refractivity contribution in [3.05, 3.63) is 35.0 Å². The lowest BCUT2D eigenvalue weighted by atomic mass is 9.95. The van der Waals surface area contributed by atoms with Crippen molar-refractivity contribution in [3.8, 4) is 0 Å². The number of aromatic amines is 1. The first-order valence-electron chi connectivity index (χ1n) is 10.0. The van der Waals surface area contributed by atoms with Gasteiger partial charge in [-0.3, -0.25) is 9.59 Å². The van der Waals surface area contributed by atoms with Gasteiger partial charge in [-0.25, -0.2) is 0 Å². The molecule has 1 unspecified atom stereocenters. The largest absolute Gasteiger partial charge is 0.369 e. The molecule has 6 nitrogen and oxygen atoms in total. The van der Waals surface area contributed by atoms with Gasteiger partial charge in [0.25, 0.3) is 5.91 Å². The first-order chi connectivity index (χ1) is 13.1. The highest BCUT2D eigenvalue weighted by Crippen LogP contribution is 2.29. The highest BCUT2D eigenvalue weighted by molar-refractivity contribution is 5.98. The second-order valence-electron chi connectivity index (χ2n) is 7.85. The topological polar surface area (TPSA) is 91.2 Å².